The van der Waals surface area contributed by atoms with Crippen LogP contribution in [0, 0.1) is 0 Å². The van der Waals surface area contributed by atoms with Gasteiger partial charge in [0.1, 0.15) is 12.1 Å². The summed E-state index contributed by atoms with van der Waals surface area (Å²) in [5.41, 5.74) is 3.60. The lowest BCUT2D eigenvalue weighted by molar-refractivity contribution is 0.974. The van der Waals surface area contributed by atoms with Gasteiger partial charge in [-0.15, -0.1) is 0 Å². The zero-order valence-corrected chi connectivity index (χ0v) is 12.3. The molecule has 2 aromatic carbocycles. The minimum Gasteiger partial charge on any atom is -0.325 e. The van der Waals surface area contributed by atoms with Crippen LogP contribution in [0.2, 0.25) is 0 Å². The van der Waals surface area contributed by atoms with E-state index in [0.29, 0.717) is 0 Å². The number of hydrogen-bond acceptors (Lipinski definition) is 3. The Morgan fingerprint density at radius 2 is 1.95 bits per heavy atom. The smallest absolute Gasteiger partial charge is 0.144 e. The van der Waals surface area contributed by atoms with Crippen molar-refractivity contribution in [1.29, 1.82) is 0 Å². The molecule has 0 saturated carbocycles. The molecule has 0 fully saturated rings. The monoisotopic (exact) mass is 325 g/mol. The summed E-state index contributed by atoms with van der Waals surface area (Å²) in [5.74, 6) is 0.997. The Labute approximate surface area is 125 Å². The van der Waals surface area contributed by atoms with E-state index in [1.807, 2.05) is 18.2 Å². The van der Waals surface area contributed by atoms with E-state index in [4.69, 9.17) is 0 Å². The maximum absolute atomic E-state index is 4.51. The van der Waals surface area contributed by atoms with Crippen LogP contribution in [0.5, 0.6) is 0 Å². The Hall–Kier alpha value is -1.94. The molecule has 0 N–H and O–H groups in total. The van der Waals surface area contributed by atoms with Gasteiger partial charge in [-0.05, 0) is 42.3 Å². The quantitative estimate of drug-likeness (QED) is 0.674. The van der Waals surface area contributed by atoms with E-state index in [0.717, 1.165) is 34.2 Å². The third kappa shape index (κ3) is 1.79. The van der Waals surface area contributed by atoms with Gasteiger partial charge in [0.05, 0.1) is 5.52 Å². The molecular formula is C16H12BrN3. The van der Waals surface area contributed by atoms with Crippen LogP contribution < -0.4 is 4.90 Å². The Kier molecular flexibility index (Phi) is 2.70. The van der Waals surface area contributed by atoms with Crippen LogP contribution in [0.3, 0.4) is 0 Å². The van der Waals surface area contributed by atoms with Crippen molar-refractivity contribution in [2.45, 2.75) is 6.42 Å². The molecule has 0 atom stereocenters. The SMILES string of the molecule is Brc1ccc2c(c1)CCN2c1ncnc2ccccc12. The first kappa shape index (κ1) is 11.9. The normalized spacial score (nSPS) is 13.8. The molecule has 2 heterocycles. The van der Waals surface area contributed by atoms with Crippen molar-refractivity contribution in [3.05, 3.63) is 58.8 Å². The number of aromatic nitrogens is 2. The van der Waals surface area contributed by atoms with Crippen molar-refractivity contribution < 1.29 is 0 Å². The summed E-state index contributed by atoms with van der Waals surface area (Å²) >= 11 is 3.54. The Bertz CT molecular complexity index is 795. The second-order valence-electron chi connectivity index (χ2n) is 4.89. The molecule has 4 heteroatoms. The largest absolute Gasteiger partial charge is 0.325 e. The van der Waals surface area contributed by atoms with Crippen LogP contribution in [-0.4, -0.2) is 16.5 Å². The van der Waals surface area contributed by atoms with Gasteiger partial charge in [0.15, 0.2) is 0 Å². The fraction of sp³-hybridized carbons (Fsp3) is 0.125. The lowest BCUT2D eigenvalue weighted by Crippen LogP contribution is -2.15. The number of fused-ring (bicyclic) bond motifs is 2. The molecule has 3 aromatic rings. The predicted octanol–water partition coefficient (Wildman–Crippen LogP) is 4.09. The highest BCUT2D eigenvalue weighted by Gasteiger charge is 2.22. The first-order valence-electron chi connectivity index (χ1n) is 6.58. The van der Waals surface area contributed by atoms with Crippen LogP contribution in [0.1, 0.15) is 5.56 Å². The van der Waals surface area contributed by atoms with Gasteiger partial charge in [0.25, 0.3) is 0 Å². The third-order valence-corrected chi connectivity index (χ3v) is 4.21. The van der Waals surface area contributed by atoms with Crippen molar-refractivity contribution in [3.63, 3.8) is 0 Å². The average Bonchev–Trinajstić information content (AvgIpc) is 2.89. The molecule has 0 saturated heterocycles. The van der Waals surface area contributed by atoms with E-state index in [9.17, 15) is 0 Å². The molecule has 0 bridgehead atoms. The summed E-state index contributed by atoms with van der Waals surface area (Å²) in [6.07, 6.45) is 2.70. The summed E-state index contributed by atoms with van der Waals surface area (Å²) in [5, 5.41) is 1.10. The highest BCUT2D eigenvalue weighted by atomic mass is 79.9. The molecule has 1 aromatic heterocycles. The molecule has 0 radical (unpaired) electrons. The van der Waals surface area contributed by atoms with Crippen molar-refractivity contribution >= 4 is 38.3 Å². The molecule has 0 unspecified atom stereocenters. The van der Waals surface area contributed by atoms with E-state index >= 15 is 0 Å². The second-order valence-corrected chi connectivity index (χ2v) is 5.80. The van der Waals surface area contributed by atoms with Crippen molar-refractivity contribution in [3.8, 4) is 0 Å². The van der Waals surface area contributed by atoms with Crippen LogP contribution in [-0.2, 0) is 6.42 Å². The highest BCUT2D eigenvalue weighted by Crippen LogP contribution is 2.37. The number of benzene rings is 2. The topological polar surface area (TPSA) is 29.0 Å². The summed E-state index contributed by atoms with van der Waals surface area (Å²) in [6, 6.07) is 14.6. The fourth-order valence-electron chi connectivity index (χ4n) is 2.80. The van der Waals surface area contributed by atoms with E-state index in [1.54, 1.807) is 6.33 Å². The van der Waals surface area contributed by atoms with Crippen LogP contribution in [0.25, 0.3) is 10.9 Å². The van der Waals surface area contributed by atoms with Crippen LogP contribution in [0.4, 0.5) is 11.5 Å². The Morgan fingerprint density at radius 1 is 1.05 bits per heavy atom. The fourth-order valence-corrected chi connectivity index (χ4v) is 3.20. The highest BCUT2D eigenvalue weighted by molar-refractivity contribution is 9.10. The maximum atomic E-state index is 4.51. The molecule has 0 amide bonds. The molecule has 4 rings (SSSR count). The van der Waals surface area contributed by atoms with E-state index in [2.05, 4.69) is 55.1 Å². The van der Waals surface area contributed by atoms with Crippen molar-refractivity contribution in [2.24, 2.45) is 0 Å². The van der Waals surface area contributed by atoms with Gasteiger partial charge in [0.2, 0.25) is 0 Å². The number of rotatable bonds is 1. The predicted molar refractivity (Wildman–Crippen MR) is 84.4 cm³/mol. The van der Waals surface area contributed by atoms with E-state index in [1.165, 1.54) is 11.3 Å². The first-order valence-corrected chi connectivity index (χ1v) is 7.38. The molecular weight excluding hydrogens is 314 g/mol. The number of hydrogen-bond donors (Lipinski definition) is 0. The lowest BCUT2D eigenvalue weighted by atomic mass is 10.2. The lowest BCUT2D eigenvalue weighted by Gasteiger charge is -2.19. The molecule has 20 heavy (non-hydrogen) atoms. The van der Waals surface area contributed by atoms with E-state index in [-0.39, 0.29) is 0 Å². The van der Waals surface area contributed by atoms with Crippen LogP contribution in [0.15, 0.2) is 53.3 Å². The number of halogens is 1. The number of anilines is 2. The minimum atomic E-state index is 0.965. The summed E-state index contributed by atoms with van der Waals surface area (Å²) in [7, 11) is 0. The van der Waals surface area contributed by atoms with Crippen molar-refractivity contribution in [1.82, 2.24) is 9.97 Å². The van der Waals surface area contributed by atoms with E-state index < -0.39 is 0 Å². The molecule has 3 nitrogen and oxygen atoms in total. The van der Waals surface area contributed by atoms with Gasteiger partial charge in [-0.3, -0.25) is 0 Å². The van der Waals surface area contributed by atoms with Gasteiger partial charge in [-0.25, -0.2) is 9.97 Å². The van der Waals surface area contributed by atoms with Gasteiger partial charge < -0.3 is 4.90 Å². The first-order chi connectivity index (χ1) is 9.83. The maximum Gasteiger partial charge on any atom is 0.144 e. The molecule has 0 aliphatic carbocycles. The van der Waals surface area contributed by atoms with Gasteiger partial charge in [-0.1, -0.05) is 28.1 Å². The Balaban J connectivity index is 1.90. The molecule has 1 aliphatic rings. The molecule has 98 valence electrons. The number of nitrogens with zero attached hydrogens (tertiary/aromatic N) is 3. The molecule has 1 aliphatic heterocycles. The average molecular weight is 326 g/mol. The third-order valence-electron chi connectivity index (χ3n) is 3.71. The minimum absolute atomic E-state index is 0.965. The Morgan fingerprint density at radius 3 is 2.90 bits per heavy atom. The summed E-state index contributed by atoms with van der Waals surface area (Å²) in [6.45, 7) is 0.965. The second kappa shape index (κ2) is 4.56. The summed E-state index contributed by atoms with van der Waals surface area (Å²) in [4.78, 5) is 11.1. The van der Waals surface area contributed by atoms with Gasteiger partial charge in [-0.2, -0.15) is 0 Å². The zero-order chi connectivity index (χ0) is 13.5. The van der Waals surface area contributed by atoms with Crippen molar-refractivity contribution in [2.75, 3.05) is 11.4 Å². The number of para-hydroxylation sites is 1. The standard InChI is InChI=1S/C16H12BrN3/c17-12-5-6-15-11(9-12)7-8-20(15)16-13-3-1-2-4-14(13)18-10-19-16/h1-6,9-10H,7-8H2. The summed E-state index contributed by atoms with van der Waals surface area (Å²) < 4.78 is 1.13. The zero-order valence-electron chi connectivity index (χ0n) is 10.8. The van der Waals surface area contributed by atoms with Gasteiger partial charge in [0, 0.05) is 22.1 Å². The van der Waals surface area contributed by atoms with Gasteiger partial charge >= 0.3 is 0 Å². The molecule has 0 spiro atoms. The van der Waals surface area contributed by atoms with Crippen LogP contribution >= 0.6 is 15.9 Å².